The van der Waals surface area contributed by atoms with Gasteiger partial charge in [0.15, 0.2) is 23.1 Å². The van der Waals surface area contributed by atoms with Gasteiger partial charge >= 0.3 is 0 Å². The molecule has 0 unspecified atom stereocenters. The molecule has 0 radical (unpaired) electrons. The van der Waals surface area contributed by atoms with Crippen LogP contribution in [0.15, 0.2) is 90.1 Å². The van der Waals surface area contributed by atoms with Gasteiger partial charge in [-0.3, -0.25) is 14.6 Å². The number of amides is 1. The predicted octanol–water partition coefficient (Wildman–Crippen LogP) is 8.17. The van der Waals surface area contributed by atoms with Crippen LogP contribution in [0.1, 0.15) is 36.0 Å². The lowest BCUT2D eigenvalue weighted by atomic mass is 10.1. The van der Waals surface area contributed by atoms with Gasteiger partial charge in [-0.2, -0.15) is 0 Å². The van der Waals surface area contributed by atoms with Crippen LogP contribution in [0.3, 0.4) is 0 Å². The number of likely N-dealkylation sites (tertiary alicyclic amines) is 1. The highest BCUT2D eigenvalue weighted by Gasteiger charge is 2.20. The number of hydrogen-bond acceptors (Lipinski definition) is 8. The summed E-state index contributed by atoms with van der Waals surface area (Å²) < 4.78 is 48.6. The van der Waals surface area contributed by atoms with Gasteiger partial charge in [-0.25, -0.2) is 13.8 Å². The Morgan fingerprint density at radius 2 is 1.73 bits per heavy atom. The van der Waals surface area contributed by atoms with Gasteiger partial charge in [0.1, 0.15) is 22.8 Å². The van der Waals surface area contributed by atoms with Gasteiger partial charge < -0.3 is 29.0 Å². The summed E-state index contributed by atoms with van der Waals surface area (Å²) in [4.78, 5) is 38.0. The number of halogens is 3. The molecule has 52 heavy (non-hydrogen) atoms. The van der Waals surface area contributed by atoms with Crippen molar-refractivity contribution in [2.45, 2.75) is 25.7 Å². The highest BCUT2D eigenvalue weighted by Crippen LogP contribution is 2.38. The zero-order valence-corrected chi connectivity index (χ0v) is 29.0. The second-order valence-electron chi connectivity index (χ2n) is 12.3. The number of nitrogens with zero attached hydrogens (tertiary/aromatic N) is 4. The minimum absolute atomic E-state index is 0.0836. The molecule has 1 saturated heterocycles. The third-order valence-corrected chi connectivity index (χ3v) is 9.20. The van der Waals surface area contributed by atoms with Gasteiger partial charge in [-0.1, -0.05) is 18.0 Å². The number of nitrogens with one attached hydrogen (secondary N) is 1. The number of carbonyl (C=O) groups excluding carboxylic acids is 1. The highest BCUT2D eigenvalue weighted by molar-refractivity contribution is 6.30. The zero-order valence-electron chi connectivity index (χ0n) is 28.2. The Kier molecular flexibility index (Phi) is 10.3. The Bertz CT molecular complexity index is 2350. The number of methoxy groups -OCH3 is 1. The molecule has 1 N–H and O–H groups in total. The fourth-order valence-corrected chi connectivity index (χ4v) is 6.45. The van der Waals surface area contributed by atoms with Crippen LogP contribution in [0.2, 0.25) is 5.02 Å². The van der Waals surface area contributed by atoms with Crippen molar-refractivity contribution in [1.82, 2.24) is 19.4 Å². The molecule has 3 aromatic heterocycles. The molecule has 1 aliphatic heterocycles. The fourth-order valence-electron chi connectivity index (χ4n) is 6.27. The van der Waals surface area contributed by atoms with E-state index in [0.29, 0.717) is 40.4 Å². The zero-order chi connectivity index (χ0) is 36.2. The number of fused-ring (bicyclic) bond motifs is 2. The van der Waals surface area contributed by atoms with E-state index in [4.69, 9.17) is 25.8 Å². The van der Waals surface area contributed by atoms with Gasteiger partial charge in [0.2, 0.25) is 5.43 Å². The van der Waals surface area contributed by atoms with Gasteiger partial charge in [-0.15, -0.1) is 0 Å². The Balaban J connectivity index is 1.09. The molecule has 1 aliphatic rings. The minimum atomic E-state index is -0.789. The van der Waals surface area contributed by atoms with Crippen molar-refractivity contribution in [3.63, 3.8) is 0 Å². The van der Waals surface area contributed by atoms with Crippen molar-refractivity contribution in [1.29, 1.82) is 0 Å². The van der Waals surface area contributed by atoms with Gasteiger partial charge in [0.05, 0.1) is 29.6 Å². The number of ether oxygens (including phenoxy) is 3. The number of pyridine rings is 3. The predicted molar refractivity (Wildman–Crippen MR) is 195 cm³/mol. The largest absolute Gasteiger partial charge is 0.493 e. The van der Waals surface area contributed by atoms with Crippen molar-refractivity contribution >= 4 is 45.1 Å². The molecule has 6 aromatic rings. The lowest BCUT2D eigenvalue weighted by Gasteiger charge is -2.26. The Hall–Kier alpha value is -5.59. The number of carbonyl (C=O) groups is 1. The second kappa shape index (κ2) is 15.3. The monoisotopic (exact) mass is 725 g/mol. The highest BCUT2D eigenvalue weighted by atomic mass is 35.5. The van der Waals surface area contributed by atoms with Crippen molar-refractivity contribution in [2.75, 3.05) is 38.7 Å². The SMILES string of the molecule is COc1cc2c(Oc3ccc(NC(=O)c4cn(-c5ccc(F)c(Cl)c5)c5ncccc5c4=O)cc3F)ccnc2cc1OCCCN1CCCCC1. The van der Waals surface area contributed by atoms with Crippen molar-refractivity contribution < 1.29 is 27.8 Å². The summed E-state index contributed by atoms with van der Waals surface area (Å²) in [5.41, 5.74) is 0.450. The van der Waals surface area contributed by atoms with Crippen LogP contribution in [0.4, 0.5) is 14.5 Å². The van der Waals surface area contributed by atoms with E-state index < -0.39 is 23.0 Å². The molecule has 1 fully saturated rings. The Morgan fingerprint density at radius 3 is 2.52 bits per heavy atom. The number of piperidine rings is 1. The van der Waals surface area contributed by atoms with E-state index >= 15 is 4.39 Å². The maximum atomic E-state index is 15.5. The van der Waals surface area contributed by atoms with Crippen molar-refractivity contribution in [3.8, 4) is 28.7 Å². The van der Waals surface area contributed by atoms with E-state index in [-0.39, 0.29) is 33.1 Å². The number of rotatable bonds is 11. The number of aromatic nitrogens is 3. The van der Waals surface area contributed by atoms with Crippen molar-refractivity contribution in [3.05, 3.63) is 118 Å². The molecule has 13 heteroatoms. The molecule has 266 valence electrons. The molecular formula is C39H34ClF2N5O5. The molecule has 0 atom stereocenters. The maximum absolute atomic E-state index is 15.5. The van der Waals surface area contributed by atoms with E-state index in [9.17, 15) is 14.0 Å². The molecule has 0 saturated carbocycles. The molecule has 7 rings (SSSR count). The van der Waals surface area contributed by atoms with Crippen LogP contribution in [-0.4, -0.2) is 58.7 Å². The van der Waals surface area contributed by atoms with Gasteiger partial charge in [0.25, 0.3) is 5.91 Å². The van der Waals surface area contributed by atoms with E-state index in [1.54, 1.807) is 37.6 Å². The number of benzene rings is 3. The fraction of sp³-hybridized carbons (Fsp3) is 0.231. The number of hydrogen-bond donors (Lipinski definition) is 1. The molecule has 0 aliphatic carbocycles. The average molecular weight is 726 g/mol. The summed E-state index contributed by atoms with van der Waals surface area (Å²) in [5, 5.41) is 3.18. The summed E-state index contributed by atoms with van der Waals surface area (Å²) in [5.74, 6) is -0.891. The standard InChI is InChI=1S/C39H34ClF2N5O5/c1-50-35-21-27-32(22-36(35)51-18-6-17-46-15-3-2-4-16-46)43-14-12-33(27)52-34-11-8-24(19-31(34)42)45-39(49)28-23-47(25-9-10-30(41)29(40)20-25)38-26(37(28)48)7-5-13-44-38/h5,7-14,19-23H,2-4,6,15-18H2,1H3,(H,45,49). The third-order valence-electron chi connectivity index (χ3n) is 8.91. The molecule has 0 bridgehead atoms. The summed E-state index contributed by atoms with van der Waals surface area (Å²) >= 11 is 6.01. The smallest absolute Gasteiger partial charge is 0.261 e. The molecule has 10 nitrogen and oxygen atoms in total. The number of anilines is 1. The first kappa shape index (κ1) is 34.8. The van der Waals surface area contributed by atoms with E-state index in [2.05, 4.69) is 20.2 Å². The molecule has 0 spiro atoms. The van der Waals surface area contributed by atoms with Gasteiger partial charge in [-0.05, 0) is 86.9 Å². The topological polar surface area (TPSA) is 108 Å². The third kappa shape index (κ3) is 7.39. The lowest BCUT2D eigenvalue weighted by molar-refractivity contribution is 0.102. The lowest BCUT2D eigenvalue weighted by Crippen LogP contribution is -2.31. The van der Waals surface area contributed by atoms with E-state index in [1.807, 2.05) is 0 Å². The summed E-state index contributed by atoms with van der Waals surface area (Å²) in [6.07, 6.45) is 9.00. The maximum Gasteiger partial charge on any atom is 0.261 e. The summed E-state index contributed by atoms with van der Waals surface area (Å²) in [6.45, 7) is 3.77. The Morgan fingerprint density at radius 1 is 0.885 bits per heavy atom. The quantitative estimate of drug-likeness (QED) is 0.133. The first-order valence-electron chi connectivity index (χ1n) is 16.9. The molecule has 4 heterocycles. The second-order valence-corrected chi connectivity index (χ2v) is 12.8. The molecule has 1 amide bonds. The minimum Gasteiger partial charge on any atom is -0.493 e. The van der Waals surface area contributed by atoms with E-state index in [0.717, 1.165) is 32.1 Å². The van der Waals surface area contributed by atoms with Crippen LogP contribution >= 0.6 is 11.6 Å². The van der Waals surface area contributed by atoms with Crippen LogP contribution in [0.5, 0.6) is 23.0 Å². The van der Waals surface area contributed by atoms with Crippen LogP contribution in [0, 0.1) is 11.6 Å². The van der Waals surface area contributed by atoms with E-state index in [1.165, 1.54) is 72.6 Å². The van der Waals surface area contributed by atoms with Crippen LogP contribution in [-0.2, 0) is 0 Å². The summed E-state index contributed by atoms with van der Waals surface area (Å²) in [6, 6.07) is 16.1. The van der Waals surface area contributed by atoms with Gasteiger partial charge in [0, 0.05) is 54.0 Å². The van der Waals surface area contributed by atoms with Crippen LogP contribution in [0.25, 0.3) is 27.6 Å². The first-order valence-corrected chi connectivity index (χ1v) is 17.2. The average Bonchev–Trinajstić information content (AvgIpc) is 3.16. The summed E-state index contributed by atoms with van der Waals surface area (Å²) in [7, 11) is 1.55. The normalized spacial score (nSPS) is 13.3. The Labute approximate surface area is 302 Å². The molecular weight excluding hydrogens is 692 g/mol. The van der Waals surface area contributed by atoms with Crippen molar-refractivity contribution in [2.24, 2.45) is 0 Å². The first-order chi connectivity index (χ1) is 25.3. The van der Waals surface area contributed by atoms with Crippen LogP contribution < -0.4 is 25.0 Å². The molecule has 3 aromatic carbocycles.